The number of nitrogens with one attached hydrogen (secondary N) is 1. The molecule has 2 nitrogen and oxygen atoms in total. The van der Waals surface area contributed by atoms with Gasteiger partial charge in [0.1, 0.15) is 11.6 Å². The van der Waals surface area contributed by atoms with E-state index in [9.17, 15) is 9.50 Å². The van der Waals surface area contributed by atoms with Gasteiger partial charge in [0.2, 0.25) is 0 Å². The van der Waals surface area contributed by atoms with E-state index in [1.54, 1.807) is 6.92 Å². The number of rotatable bonds is 1. The van der Waals surface area contributed by atoms with E-state index in [4.69, 9.17) is 0 Å². The van der Waals surface area contributed by atoms with Gasteiger partial charge in [-0.15, -0.1) is 0 Å². The summed E-state index contributed by atoms with van der Waals surface area (Å²) in [5.41, 5.74) is 1.30. The summed E-state index contributed by atoms with van der Waals surface area (Å²) >= 11 is 0. The summed E-state index contributed by atoms with van der Waals surface area (Å²) in [6, 6.07) is 2.89. The summed E-state index contributed by atoms with van der Waals surface area (Å²) in [6.07, 6.45) is 2.05. The predicted octanol–water partition coefficient (Wildman–Crippen LogP) is 2.26. The van der Waals surface area contributed by atoms with Crippen LogP contribution in [0.25, 0.3) is 0 Å². The van der Waals surface area contributed by atoms with E-state index in [0.717, 1.165) is 19.4 Å². The Bertz CT molecular complexity index is 345. The van der Waals surface area contributed by atoms with E-state index in [-0.39, 0.29) is 17.6 Å². The predicted molar refractivity (Wildman–Crippen MR) is 52.8 cm³/mol. The van der Waals surface area contributed by atoms with Gasteiger partial charge >= 0.3 is 0 Å². The molecule has 1 aliphatic rings. The van der Waals surface area contributed by atoms with Gasteiger partial charge in [0.05, 0.1) is 0 Å². The van der Waals surface area contributed by atoms with Crippen LogP contribution < -0.4 is 5.32 Å². The van der Waals surface area contributed by atoms with Crippen molar-refractivity contribution >= 4 is 0 Å². The minimum Gasteiger partial charge on any atom is -0.507 e. The van der Waals surface area contributed by atoms with E-state index in [1.165, 1.54) is 12.1 Å². The number of aryl methyl sites for hydroxylation is 1. The van der Waals surface area contributed by atoms with Crippen LogP contribution in [-0.2, 0) is 0 Å². The first-order chi connectivity index (χ1) is 6.68. The van der Waals surface area contributed by atoms with Crippen LogP contribution in [0.15, 0.2) is 12.1 Å². The molecule has 3 heteroatoms. The Labute approximate surface area is 82.8 Å². The van der Waals surface area contributed by atoms with Crippen molar-refractivity contribution < 1.29 is 9.50 Å². The molecule has 0 aliphatic carbocycles. The van der Waals surface area contributed by atoms with Crippen molar-refractivity contribution in [2.75, 3.05) is 6.54 Å². The Morgan fingerprint density at radius 3 is 2.93 bits per heavy atom. The highest BCUT2D eigenvalue weighted by Crippen LogP contribution is 2.32. The molecule has 0 spiro atoms. The molecule has 2 N–H and O–H groups in total. The lowest BCUT2D eigenvalue weighted by Gasteiger charge is -2.14. The van der Waals surface area contributed by atoms with Crippen LogP contribution in [0.4, 0.5) is 4.39 Å². The molecule has 1 aromatic rings. The number of hydrogen-bond donors (Lipinski definition) is 2. The van der Waals surface area contributed by atoms with Gasteiger partial charge in [0, 0.05) is 11.6 Å². The van der Waals surface area contributed by atoms with Crippen LogP contribution in [0.5, 0.6) is 5.75 Å². The van der Waals surface area contributed by atoms with E-state index in [2.05, 4.69) is 5.32 Å². The summed E-state index contributed by atoms with van der Waals surface area (Å²) in [6.45, 7) is 2.66. The molecule has 1 saturated heterocycles. The van der Waals surface area contributed by atoms with Crippen molar-refractivity contribution in [2.24, 2.45) is 0 Å². The fourth-order valence-corrected chi connectivity index (χ4v) is 1.98. The number of phenols is 1. The third kappa shape index (κ3) is 1.60. The molecule has 14 heavy (non-hydrogen) atoms. The third-order valence-electron chi connectivity index (χ3n) is 2.73. The molecule has 1 aliphatic heterocycles. The first-order valence-corrected chi connectivity index (χ1v) is 4.91. The quantitative estimate of drug-likeness (QED) is 0.720. The molecule has 0 aromatic heterocycles. The molecule has 0 unspecified atom stereocenters. The normalized spacial score (nSPS) is 21.4. The molecule has 0 saturated carbocycles. The maximum atomic E-state index is 13.1. The van der Waals surface area contributed by atoms with Crippen LogP contribution in [0, 0.1) is 12.7 Å². The van der Waals surface area contributed by atoms with Gasteiger partial charge in [-0.1, -0.05) is 0 Å². The molecule has 2 rings (SSSR count). The van der Waals surface area contributed by atoms with Gasteiger partial charge in [0.25, 0.3) is 0 Å². The zero-order chi connectivity index (χ0) is 10.1. The Morgan fingerprint density at radius 2 is 2.29 bits per heavy atom. The van der Waals surface area contributed by atoms with Crippen LogP contribution >= 0.6 is 0 Å². The molecule has 76 valence electrons. The van der Waals surface area contributed by atoms with E-state index >= 15 is 0 Å². The second kappa shape index (κ2) is 3.58. The standard InChI is InChI=1S/C11H14FNO/c1-7-5-8(12)6-9(11(7)14)10-3-2-4-13-10/h5-6,10,13-14H,2-4H2,1H3/t10-/m1/s1. The van der Waals surface area contributed by atoms with Gasteiger partial charge in [-0.25, -0.2) is 4.39 Å². The number of hydrogen-bond acceptors (Lipinski definition) is 2. The Balaban J connectivity index is 2.40. The van der Waals surface area contributed by atoms with Crippen molar-refractivity contribution in [3.05, 3.63) is 29.1 Å². The average Bonchev–Trinajstić information content (AvgIpc) is 2.63. The summed E-state index contributed by atoms with van der Waals surface area (Å²) in [4.78, 5) is 0. The maximum absolute atomic E-state index is 13.1. The van der Waals surface area contributed by atoms with Crippen molar-refractivity contribution in [2.45, 2.75) is 25.8 Å². The monoisotopic (exact) mass is 195 g/mol. The minimum absolute atomic E-state index is 0.115. The Hall–Kier alpha value is -1.09. The molecule has 1 aromatic carbocycles. The van der Waals surface area contributed by atoms with E-state index in [1.807, 2.05) is 0 Å². The molecular formula is C11H14FNO. The second-order valence-corrected chi connectivity index (χ2v) is 3.81. The minimum atomic E-state index is -0.274. The smallest absolute Gasteiger partial charge is 0.124 e. The SMILES string of the molecule is Cc1cc(F)cc([C@H]2CCCN2)c1O. The van der Waals surface area contributed by atoms with Crippen molar-refractivity contribution in [3.8, 4) is 5.75 Å². The van der Waals surface area contributed by atoms with Crippen LogP contribution in [-0.4, -0.2) is 11.7 Å². The Kier molecular flexibility index (Phi) is 2.42. The molecule has 1 heterocycles. The van der Waals surface area contributed by atoms with Crippen LogP contribution in [0.3, 0.4) is 0 Å². The van der Waals surface area contributed by atoms with Gasteiger partial charge in [0.15, 0.2) is 0 Å². The first kappa shape index (κ1) is 9.46. The second-order valence-electron chi connectivity index (χ2n) is 3.81. The molecular weight excluding hydrogens is 181 g/mol. The topological polar surface area (TPSA) is 32.3 Å². The van der Waals surface area contributed by atoms with Gasteiger partial charge in [-0.2, -0.15) is 0 Å². The van der Waals surface area contributed by atoms with Crippen LogP contribution in [0.2, 0.25) is 0 Å². The fourth-order valence-electron chi connectivity index (χ4n) is 1.98. The zero-order valence-corrected chi connectivity index (χ0v) is 8.18. The summed E-state index contributed by atoms with van der Waals surface area (Å²) in [5, 5.41) is 13.0. The Morgan fingerprint density at radius 1 is 1.50 bits per heavy atom. The van der Waals surface area contributed by atoms with Crippen molar-refractivity contribution in [3.63, 3.8) is 0 Å². The first-order valence-electron chi connectivity index (χ1n) is 4.91. The lowest BCUT2D eigenvalue weighted by molar-refractivity contribution is 0.449. The van der Waals surface area contributed by atoms with Crippen molar-refractivity contribution in [1.82, 2.24) is 5.32 Å². The number of benzene rings is 1. The lowest BCUT2D eigenvalue weighted by Crippen LogP contribution is -2.13. The summed E-state index contributed by atoms with van der Waals surface area (Å²) in [5.74, 6) is -0.0465. The highest BCUT2D eigenvalue weighted by atomic mass is 19.1. The van der Waals surface area contributed by atoms with Gasteiger partial charge < -0.3 is 10.4 Å². The number of phenolic OH excluding ortho intramolecular Hbond substituents is 1. The molecule has 1 fully saturated rings. The molecule has 0 bridgehead atoms. The van der Waals surface area contributed by atoms with Gasteiger partial charge in [-0.05, 0) is 44.0 Å². The van der Waals surface area contributed by atoms with Crippen molar-refractivity contribution in [1.29, 1.82) is 0 Å². The summed E-state index contributed by atoms with van der Waals surface area (Å²) in [7, 11) is 0. The zero-order valence-electron chi connectivity index (χ0n) is 8.18. The average molecular weight is 195 g/mol. The van der Waals surface area contributed by atoms with E-state index in [0.29, 0.717) is 11.1 Å². The molecule has 1 atom stereocenters. The summed E-state index contributed by atoms with van der Waals surface area (Å²) < 4.78 is 13.1. The molecule has 0 radical (unpaired) electrons. The van der Waals surface area contributed by atoms with Crippen LogP contribution in [0.1, 0.15) is 30.0 Å². The van der Waals surface area contributed by atoms with Gasteiger partial charge in [-0.3, -0.25) is 0 Å². The van der Waals surface area contributed by atoms with E-state index < -0.39 is 0 Å². The molecule has 0 amide bonds. The number of aromatic hydroxyl groups is 1. The highest BCUT2D eigenvalue weighted by Gasteiger charge is 2.20. The number of halogens is 1. The maximum Gasteiger partial charge on any atom is 0.124 e. The fraction of sp³-hybridized carbons (Fsp3) is 0.455. The third-order valence-corrected chi connectivity index (χ3v) is 2.73. The lowest BCUT2D eigenvalue weighted by atomic mass is 10.0. The highest BCUT2D eigenvalue weighted by molar-refractivity contribution is 5.42. The largest absolute Gasteiger partial charge is 0.507 e.